The highest BCUT2D eigenvalue weighted by atomic mass is 79.9. The number of aryl methyl sites for hydroxylation is 1. The van der Waals surface area contributed by atoms with Gasteiger partial charge in [0.25, 0.3) is 10.0 Å². The van der Waals surface area contributed by atoms with Gasteiger partial charge in [0.1, 0.15) is 16.5 Å². The Labute approximate surface area is 139 Å². The van der Waals surface area contributed by atoms with E-state index in [1.165, 1.54) is 12.3 Å². The first-order valence-corrected chi connectivity index (χ1v) is 8.88. The summed E-state index contributed by atoms with van der Waals surface area (Å²) in [6, 6.07) is 3.12. The Morgan fingerprint density at radius 2 is 1.86 bits per heavy atom. The molecule has 2 rings (SSSR count). The maximum atomic E-state index is 12.5. The lowest BCUT2D eigenvalue weighted by atomic mass is 10.3. The zero-order chi connectivity index (χ0) is 15.6. The zero-order valence-corrected chi connectivity index (χ0v) is 15.2. The van der Waals surface area contributed by atoms with Gasteiger partial charge in [-0.05, 0) is 56.5 Å². The first kappa shape index (κ1) is 16.2. The third-order valence-corrected chi connectivity index (χ3v) is 5.26. The Morgan fingerprint density at radius 1 is 1.14 bits per heavy atom. The van der Waals surface area contributed by atoms with Crippen LogP contribution in [0.25, 0.3) is 0 Å². The van der Waals surface area contributed by atoms with E-state index in [1.54, 1.807) is 19.3 Å². The van der Waals surface area contributed by atoms with Gasteiger partial charge in [-0.2, -0.15) is 0 Å². The standard InChI is InChI=1S/C12H12Br2N4O2S/c1-7-3-11(16-6-9(7)14)18-21(19,20)10-4-8(13)5-17-12(10)15-2/h3-6H,1-2H3,(H,15,17)(H,16,18). The van der Waals surface area contributed by atoms with Gasteiger partial charge in [-0.15, -0.1) is 0 Å². The molecule has 2 heterocycles. The van der Waals surface area contributed by atoms with Crippen LogP contribution in [0, 0.1) is 6.92 Å². The Balaban J connectivity index is 2.42. The van der Waals surface area contributed by atoms with Crippen LogP contribution in [0.1, 0.15) is 5.56 Å². The van der Waals surface area contributed by atoms with E-state index in [0.717, 1.165) is 10.0 Å². The normalized spacial score (nSPS) is 11.2. The van der Waals surface area contributed by atoms with Gasteiger partial charge in [-0.1, -0.05) is 0 Å². The number of sulfonamides is 1. The summed E-state index contributed by atoms with van der Waals surface area (Å²) < 4.78 is 28.8. The summed E-state index contributed by atoms with van der Waals surface area (Å²) in [6.07, 6.45) is 3.07. The van der Waals surface area contributed by atoms with E-state index in [4.69, 9.17) is 0 Å². The van der Waals surface area contributed by atoms with Crippen molar-refractivity contribution < 1.29 is 8.42 Å². The number of pyridine rings is 2. The molecule has 21 heavy (non-hydrogen) atoms. The summed E-state index contributed by atoms with van der Waals surface area (Å²) in [5, 5.41) is 2.76. The Hall–Kier alpha value is -1.19. The predicted molar refractivity (Wildman–Crippen MR) is 89.0 cm³/mol. The molecule has 0 aliphatic heterocycles. The highest BCUT2D eigenvalue weighted by molar-refractivity contribution is 9.10. The van der Waals surface area contributed by atoms with E-state index in [2.05, 4.69) is 51.9 Å². The molecule has 0 saturated heterocycles. The van der Waals surface area contributed by atoms with Gasteiger partial charge in [-0.25, -0.2) is 18.4 Å². The molecule has 0 fully saturated rings. The predicted octanol–water partition coefficient (Wildman–Crippen LogP) is 3.15. The number of halogens is 2. The summed E-state index contributed by atoms with van der Waals surface area (Å²) >= 11 is 6.54. The maximum absolute atomic E-state index is 12.5. The van der Waals surface area contributed by atoms with Crippen LogP contribution in [-0.4, -0.2) is 25.4 Å². The molecule has 2 aromatic heterocycles. The third kappa shape index (κ3) is 3.72. The maximum Gasteiger partial charge on any atom is 0.266 e. The Bertz CT molecular complexity index is 781. The van der Waals surface area contributed by atoms with Crippen molar-refractivity contribution in [2.45, 2.75) is 11.8 Å². The molecule has 0 aliphatic rings. The van der Waals surface area contributed by atoms with Crippen LogP contribution in [-0.2, 0) is 10.0 Å². The average Bonchev–Trinajstić information content (AvgIpc) is 2.42. The van der Waals surface area contributed by atoms with Crippen molar-refractivity contribution in [1.82, 2.24) is 9.97 Å². The fraction of sp³-hybridized carbons (Fsp3) is 0.167. The fourth-order valence-electron chi connectivity index (χ4n) is 1.60. The van der Waals surface area contributed by atoms with Crippen molar-refractivity contribution in [3.8, 4) is 0 Å². The molecule has 2 N–H and O–H groups in total. The lowest BCUT2D eigenvalue weighted by Gasteiger charge is -2.11. The molecule has 0 saturated carbocycles. The van der Waals surface area contributed by atoms with E-state index < -0.39 is 10.0 Å². The van der Waals surface area contributed by atoms with E-state index in [-0.39, 0.29) is 16.5 Å². The van der Waals surface area contributed by atoms with Crippen molar-refractivity contribution in [2.24, 2.45) is 0 Å². The molecule has 0 radical (unpaired) electrons. The zero-order valence-electron chi connectivity index (χ0n) is 11.2. The number of nitrogens with one attached hydrogen (secondary N) is 2. The van der Waals surface area contributed by atoms with Crippen molar-refractivity contribution in [2.75, 3.05) is 17.1 Å². The van der Waals surface area contributed by atoms with Gasteiger partial charge in [0.2, 0.25) is 0 Å². The number of hydrogen-bond acceptors (Lipinski definition) is 5. The van der Waals surface area contributed by atoms with Gasteiger partial charge in [0.05, 0.1) is 0 Å². The highest BCUT2D eigenvalue weighted by Crippen LogP contribution is 2.25. The summed E-state index contributed by atoms with van der Waals surface area (Å²) in [5.41, 5.74) is 0.879. The monoisotopic (exact) mass is 434 g/mol. The molecule has 0 aromatic carbocycles. The molecular formula is C12H12Br2N4O2S. The van der Waals surface area contributed by atoms with Crippen LogP contribution in [0.4, 0.5) is 11.6 Å². The number of aromatic nitrogens is 2. The summed E-state index contributed by atoms with van der Waals surface area (Å²) in [7, 11) is -2.18. The molecule has 2 aromatic rings. The van der Waals surface area contributed by atoms with Crippen LogP contribution < -0.4 is 10.0 Å². The van der Waals surface area contributed by atoms with Crippen molar-refractivity contribution in [3.05, 3.63) is 39.0 Å². The van der Waals surface area contributed by atoms with Crippen LogP contribution in [0.15, 0.2) is 38.4 Å². The minimum atomic E-state index is -3.79. The van der Waals surface area contributed by atoms with Gasteiger partial charge in [-0.3, -0.25) is 4.72 Å². The third-order valence-electron chi connectivity index (χ3n) is 2.63. The fourth-order valence-corrected chi connectivity index (χ4v) is 3.49. The minimum Gasteiger partial charge on any atom is -0.372 e. The van der Waals surface area contributed by atoms with Gasteiger partial charge >= 0.3 is 0 Å². The first-order chi connectivity index (χ1) is 9.83. The summed E-state index contributed by atoms with van der Waals surface area (Å²) in [5.74, 6) is 0.511. The van der Waals surface area contributed by atoms with Gasteiger partial charge in [0.15, 0.2) is 0 Å². The number of hydrogen-bond donors (Lipinski definition) is 2. The molecule has 6 nitrogen and oxygen atoms in total. The van der Waals surface area contributed by atoms with E-state index in [0.29, 0.717) is 4.47 Å². The molecule has 0 aliphatic carbocycles. The SMILES string of the molecule is CNc1ncc(Br)cc1S(=O)(=O)Nc1cc(C)c(Br)cn1. The Morgan fingerprint density at radius 3 is 2.48 bits per heavy atom. The molecule has 9 heteroatoms. The lowest BCUT2D eigenvalue weighted by molar-refractivity contribution is 0.601. The highest BCUT2D eigenvalue weighted by Gasteiger charge is 2.20. The second-order valence-corrected chi connectivity index (χ2v) is 7.60. The summed E-state index contributed by atoms with van der Waals surface area (Å²) in [4.78, 5) is 8.11. The molecular weight excluding hydrogens is 424 g/mol. The molecule has 0 spiro atoms. The number of anilines is 2. The Kier molecular flexibility index (Phi) is 4.84. The first-order valence-electron chi connectivity index (χ1n) is 5.82. The van der Waals surface area contributed by atoms with Crippen LogP contribution in [0.2, 0.25) is 0 Å². The second kappa shape index (κ2) is 6.29. The quantitative estimate of drug-likeness (QED) is 0.770. The van der Waals surface area contributed by atoms with Crippen LogP contribution in [0.3, 0.4) is 0 Å². The van der Waals surface area contributed by atoms with Crippen LogP contribution in [0.5, 0.6) is 0 Å². The molecule has 0 unspecified atom stereocenters. The van der Waals surface area contributed by atoms with E-state index in [1.807, 2.05) is 6.92 Å². The number of nitrogens with zero attached hydrogens (tertiary/aromatic N) is 2. The molecule has 112 valence electrons. The largest absolute Gasteiger partial charge is 0.372 e. The molecule has 0 bridgehead atoms. The van der Waals surface area contributed by atoms with E-state index >= 15 is 0 Å². The number of rotatable bonds is 4. The van der Waals surface area contributed by atoms with Gasteiger partial charge < -0.3 is 5.32 Å². The van der Waals surface area contributed by atoms with Crippen molar-refractivity contribution in [3.63, 3.8) is 0 Å². The lowest BCUT2D eigenvalue weighted by Crippen LogP contribution is -2.16. The molecule has 0 atom stereocenters. The van der Waals surface area contributed by atoms with Crippen molar-refractivity contribution >= 4 is 53.5 Å². The second-order valence-electron chi connectivity index (χ2n) is 4.17. The average molecular weight is 436 g/mol. The van der Waals surface area contributed by atoms with Gasteiger partial charge in [0, 0.05) is 28.4 Å². The van der Waals surface area contributed by atoms with E-state index in [9.17, 15) is 8.42 Å². The minimum absolute atomic E-state index is 0.0433. The topological polar surface area (TPSA) is 84.0 Å². The molecule has 0 amide bonds. The summed E-state index contributed by atoms with van der Waals surface area (Å²) in [6.45, 7) is 1.85. The smallest absolute Gasteiger partial charge is 0.266 e. The van der Waals surface area contributed by atoms with Crippen molar-refractivity contribution in [1.29, 1.82) is 0 Å². The van der Waals surface area contributed by atoms with Crippen LogP contribution >= 0.6 is 31.9 Å².